The topological polar surface area (TPSA) is 169 Å². The molecule has 0 atom stereocenters. The summed E-state index contributed by atoms with van der Waals surface area (Å²) < 4.78 is 54.2. The van der Waals surface area contributed by atoms with Gasteiger partial charge in [0.25, 0.3) is 0 Å². The maximum absolute atomic E-state index is 12.4. The summed E-state index contributed by atoms with van der Waals surface area (Å²) in [6.07, 6.45) is 1.86. The van der Waals surface area contributed by atoms with Gasteiger partial charge in [-0.1, -0.05) is 6.07 Å². The third-order valence-electron chi connectivity index (χ3n) is 4.46. The van der Waals surface area contributed by atoms with E-state index in [9.17, 15) is 26.4 Å². The number of amides is 4. The first-order valence-electron chi connectivity index (χ1n) is 10.5. The maximum Gasteiger partial charge on any atom is 0.323 e. The second kappa shape index (κ2) is 11.2. The lowest BCUT2D eigenvalue weighted by Crippen LogP contribution is -2.21. The van der Waals surface area contributed by atoms with Crippen molar-refractivity contribution in [3.8, 4) is 11.5 Å². The highest BCUT2D eigenvalue weighted by atomic mass is 32.2. The molecule has 4 amide bonds. The predicted molar refractivity (Wildman–Crippen MR) is 140 cm³/mol. The first kappa shape index (κ1) is 27.3. The van der Waals surface area contributed by atoms with Crippen molar-refractivity contribution >= 4 is 55.0 Å². The van der Waals surface area contributed by atoms with Gasteiger partial charge in [0.15, 0.2) is 0 Å². The summed E-state index contributed by atoms with van der Waals surface area (Å²) in [6, 6.07) is 15.3. The van der Waals surface area contributed by atoms with E-state index in [1.54, 1.807) is 25.1 Å². The van der Waals surface area contributed by atoms with Crippen LogP contribution in [-0.4, -0.2) is 41.4 Å². The van der Waals surface area contributed by atoms with Crippen LogP contribution in [-0.2, 0) is 20.2 Å². The second-order valence-corrected chi connectivity index (χ2v) is 11.0. The largest absolute Gasteiger partial charge is 0.383 e. The zero-order valence-electron chi connectivity index (χ0n) is 19.9. The van der Waals surface area contributed by atoms with Gasteiger partial charge in [0.1, 0.15) is 11.5 Å². The van der Waals surface area contributed by atoms with Crippen LogP contribution < -0.4 is 29.6 Å². The number of rotatable bonds is 8. The lowest BCUT2D eigenvalue weighted by atomic mass is 10.2. The smallest absolute Gasteiger partial charge is 0.323 e. The van der Waals surface area contributed by atoms with Crippen LogP contribution in [0.2, 0.25) is 0 Å². The van der Waals surface area contributed by atoms with E-state index >= 15 is 0 Å². The van der Waals surface area contributed by atoms with Gasteiger partial charge in [-0.2, -0.15) is 16.8 Å². The van der Waals surface area contributed by atoms with Gasteiger partial charge in [-0.3, -0.25) is 0 Å². The molecule has 12 nitrogen and oxygen atoms in total. The van der Waals surface area contributed by atoms with Crippen molar-refractivity contribution in [1.29, 1.82) is 0 Å². The minimum Gasteiger partial charge on any atom is -0.383 e. The molecule has 0 aliphatic rings. The van der Waals surface area contributed by atoms with Crippen LogP contribution in [0.3, 0.4) is 0 Å². The Bertz CT molecular complexity index is 1510. The number of hydrogen-bond acceptors (Lipinski definition) is 8. The molecule has 0 aliphatic heterocycles. The minimum atomic E-state index is -3.66. The Hall–Kier alpha value is -4.30. The number of urea groups is 2. The third kappa shape index (κ3) is 9.35. The van der Waals surface area contributed by atoms with Crippen molar-refractivity contribution in [3.05, 3.63) is 72.3 Å². The van der Waals surface area contributed by atoms with Crippen LogP contribution in [0.4, 0.5) is 32.3 Å². The predicted octanol–water partition coefficient (Wildman–Crippen LogP) is 3.96. The average Bonchev–Trinajstić information content (AvgIpc) is 2.77. The summed E-state index contributed by atoms with van der Waals surface area (Å²) in [5, 5.41) is 10.6. The molecule has 3 aromatic carbocycles. The third-order valence-corrected chi connectivity index (χ3v) is 5.45. The fourth-order valence-electron chi connectivity index (χ4n) is 2.95. The molecule has 4 N–H and O–H groups in total. The molecular weight excluding hydrogens is 524 g/mol. The van der Waals surface area contributed by atoms with Crippen LogP contribution in [0.15, 0.2) is 66.7 Å². The molecule has 0 aromatic heterocycles. The first-order chi connectivity index (χ1) is 17.3. The Balaban J connectivity index is 1.58. The molecule has 0 aliphatic carbocycles. The standard InChI is InChI=1S/C23H24N4O8S2/c1-15-4-5-18(26-22(28)24-16-6-10-19(11-7-16)34-36(2,30)31)14-21(15)27-23(29)25-17-8-12-20(13-9-17)35-37(3,32)33/h4-14H,1-3H3,(H2,24,26,28)(H2,25,27,29). The Kier molecular flexibility index (Phi) is 8.24. The van der Waals surface area contributed by atoms with Gasteiger partial charge in [-0.05, 0) is 73.2 Å². The van der Waals surface area contributed by atoms with E-state index in [1.807, 2.05) is 0 Å². The number of nitrogens with one attached hydrogen (secondary N) is 4. The number of carbonyl (C=O) groups is 2. The molecule has 0 heterocycles. The Morgan fingerprint density at radius 1 is 0.595 bits per heavy atom. The van der Waals surface area contributed by atoms with E-state index in [0.717, 1.165) is 18.1 Å². The Morgan fingerprint density at radius 3 is 1.41 bits per heavy atom. The van der Waals surface area contributed by atoms with Crippen LogP contribution in [0, 0.1) is 6.92 Å². The normalized spacial score (nSPS) is 11.2. The minimum absolute atomic E-state index is 0.110. The molecule has 0 radical (unpaired) electrons. The molecule has 0 bridgehead atoms. The molecule has 37 heavy (non-hydrogen) atoms. The van der Waals surface area contributed by atoms with Gasteiger partial charge in [-0.25, -0.2) is 9.59 Å². The summed E-state index contributed by atoms with van der Waals surface area (Å²) in [6.45, 7) is 1.77. The summed E-state index contributed by atoms with van der Waals surface area (Å²) >= 11 is 0. The van der Waals surface area contributed by atoms with E-state index in [1.165, 1.54) is 48.5 Å². The maximum atomic E-state index is 12.4. The van der Waals surface area contributed by atoms with E-state index in [-0.39, 0.29) is 11.5 Å². The highest BCUT2D eigenvalue weighted by Gasteiger charge is 2.10. The Labute approximate surface area is 214 Å². The number of anilines is 4. The molecular formula is C23H24N4O8S2. The fourth-order valence-corrected chi connectivity index (χ4v) is 3.87. The highest BCUT2D eigenvalue weighted by molar-refractivity contribution is 7.86. The molecule has 0 unspecified atom stereocenters. The molecule has 0 spiro atoms. The molecule has 0 saturated carbocycles. The zero-order chi connectivity index (χ0) is 27.2. The van der Waals surface area contributed by atoms with Crippen LogP contribution >= 0.6 is 0 Å². The van der Waals surface area contributed by atoms with Gasteiger partial charge in [0.2, 0.25) is 0 Å². The van der Waals surface area contributed by atoms with Crippen LogP contribution in [0.5, 0.6) is 11.5 Å². The summed E-state index contributed by atoms with van der Waals surface area (Å²) in [5.41, 5.74) is 2.38. The second-order valence-electron chi connectivity index (χ2n) is 7.81. The lowest BCUT2D eigenvalue weighted by molar-refractivity contribution is 0.261. The summed E-state index contributed by atoms with van der Waals surface area (Å²) in [4.78, 5) is 24.8. The SMILES string of the molecule is Cc1ccc(NC(=O)Nc2ccc(OS(C)(=O)=O)cc2)cc1NC(=O)Nc1ccc(OS(C)(=O)=O)cc1. The molecule has 0 saturated heterocycles. The average molecular weight is 549 g/mol. The van der Waals surface area contributed by atoms with Crippen molar-refractivity contribution < 1.29 is 34.8 Å². The number of benzene rings is 3. The van der Waals surface area contributed by atoms with Gasteiger partial charge >= 0.3 is 32.3 Å². The highest BCUT2D eigenvalue weighted by Crippen LogP contribution is 2.22. The monoisotopic (exact) mass is 548 g/mol. The zero-order valence-corrected chi connectivity index (χ0v) is 21.6. The number of hydrogen-bond donors (Lipinski definition) is 4. The van der Waals surface area contributed by atoms with E-state index in [4.69, 9.17) is 8.37 Å². The van der Waals surface area contributed by atoms with Gasteiger partial charge in [-0.15, -0.1) is 0 Å². The Morgan fingerprint density at radius 2 is 0.973 bits per heavy atom. The number of aryl methyl sites for hydroxylation is 1. The van der Waals surface area contributed by atoms with Crippen LogP contribution in [0.25, 0.3) is 0 Å². The molecule has 196 valence electrons. The van der Waals surface area contributed by atoms with Crippen molar-refractivity contribution in [3.63, 3.8) is 0 Å². The van der Waals surface area contributed by atoms with E-state index in [2.05, 4.69) is 21.3 Å². The number of carbonyl (C=O) groups excluding carboxylic acids is 2. The van der Waals surface area contributed by atoms with Gasteiger partial charge in [0.05, 0.1) is 12.5 Å². The van der Waals surface area contributed by atoms with Crippen molar-refractivity contribution in [2.45, 2.75) is 6.92 Å². The molecule has 0 fully saturated rings. The fraction of sp³-hybridized carbons (Fsp3) is 0.130. The molecule has 3 aromatic rings. The van der Waals surface area contributed by atoms with Crippen molar-refractivity contribution in [2.75, 3.05) is 33.8 Å². The summed E-state index contributed by atoms with van der Waals surface area (Å²) in [5.74, 6) is 0.221. The van der Waals surface area contributed by atoms with Crippen molar-refractivity contribution in [1.82, 2.24) is 0 Å². The summed E-state index contributed by atoms with van der Waals surface area (Å²) in [7, 11) is -7.31. The van der Waals surface area contributed by atoms with Gasteiger partial charge < -0.3 is 29.6 Å². The lowest BCUT2D eigenvalue weighted by Gasteiger charge is -2.13. The molecule has 3 rings (SSSR count). The quantitative estimate of drug-likeness (QED) is 0.307. The first-order valence-corrected chi connectivity index (χ1v) is 14.1. The molecule has 14 heteroatoms. The van der Waals surface area contributed by atoms with Crippen molar-refractivity contribution in [2.24, 2.45) is 0 Å². The van der Waals surface area contributed by atoms with E-state index < -0.39 is 32.3 Å². The van der Waals surface area contributed by atoms with E-state index in [0.29, 0.717) is 22.7 Å². The van der Waals surface area contributed by atoms with Gasteiger partial charge in [0, 0.05) is 22.7 Å². The van der Waals surface area contributed by atoms with Crippen LogP contribution in [0.1, 0.15) is 5.56 Å².